The summed E-state index contributed by atoms with van der Waals surface area (Å²) in [6.45, 7) is 1.90. The Morgan fingerprint density at radius 3 is 2.44 bits per heavy atom. The second kappa shape index (κ2) is 6.50. The number of anilines is 2. The molecule has 8 heteroatoms. The Labute approximate surface area is 155 Å². The molecule has 3 rings (SSSR count). The molecule has 2 aliphatic rings. The van der Waals surface area contributed by atoms with Crippen LogP contribution in [0.3, 0.4) is 0 Å². The van der Waals surface area contributed by atoms with E-state index < -0.39 is 28.2 Å². The quantitative estimate of drug-likeness (QED) is 0.625. The molecule has 25 heavy (non-hydrogen) atoms. The van der Waals surface area contributed by atoms with Crippen LogP contribution in [-0.4, -0.2) is 35.3 Å². The van der Waals surface area contributed by atoms with E-state index in [0.29, 0.717) is 25.1 Å². The molecule has 6 nitrogen and oxygen atoms in total. The molecule has 1 aliphatic carbocycles. The molecule has 0 aromatic heterocycles. The van der Waals surface area contributed by atoms with Gasteiger partial charge in [0, 0.05) is 30.8 Å². The van der Waals surface area contributed by atoms with Gasteiger partial charge in [-0.1, -0.05) is 0 Å². The minimum Gasteiger partial charge on any atom is -0.455 e. The summed E-state index contributed by atoms with van der Waals surface area (Å²) in [5.41, 5.74) is 0.396. The lowest BCUT2D eigenvalue weighted by atomic mass is 10.1. The number of esters is 1. The zero-order chi connectivity index (χ0) is 18.2. The van der Waals surface area contributed by atoms with Crippen LogP contribution in [0.2, 0.25) is 0 Å². The van der Waals surface area contributed by atoms with E-state index in [2.05, 4.69) is 5.32 Å². The van der Waals surface area contributed by atoms with Gasteiger partial charge in [0.1, 0.15) is 9.75 Å². The third-order valence-corrected chi connectivity index (χ3v) is 5.68. The smallest absolute Gasteiger partial charge is 0.315 e. The summed E-state index contributed by atoms with van der Waals surface area (Å²) < 4.78 is 3.86. The van der Waals surface area contributed by atoms with Gasteiger partial charge < -0.3 is 15.0 Å². The van der Waals surface area contributed by atoms with Gasteiger partial charge in [-0.2, -0.15) is 0 Å². The summed E-state index contributed by atoms with van der Waals surface area (Å²) in [6.07, 6.45) is 1.72. The van der Waals surface area contributed by atoms with E-state index in [1.165, 1.54) is 0 Å². The molecule has 134 valence electrons. The van der Waals surface area contributed by atoms with Crippen molar-refractivity contribution in [3.8, 4) is 0 Å². The first kappa shape index (κ1) is 18.0. The maximum atomic E-state index is 11.9. The van der Waals surface area contributed by atoms with Gasteiger partial charge in [0.05, 0.1) is 0 Å². The van der Waals surface area contributed by atoms with Crippen LogP contribution < -0.4 is 10.2 Å². The molecule has 1 aromatic carbocycles. The van der Waals surface area contributed by atoms with Gasteiger partial charge in [0.15, 0.2) is 6.61 Å². The van der Waals surface area contributed by atoms with Crippen molar-refractivity contribution in [2.45, 2.75) is 30.5 Å². The summed E-state index contributed by atoms with van der Waals surface area (Å²) in [5.74, 6) is -0.945. The first-order valence-electron chi connectivity index (χ1n) is 7.98. The predicted octanol–water partition coefficient (Wildman–Crippen LogP) is 2.88. The summed E-state index contributed by atoms with van der Waals surface area (Å²) in [4.78, 5) is 37.2. The second-order valence-electron chi connectivity index (χ2n) is 6.53. The van der Waals surface area contributed by atoms with E-state index >= 15 is 0 Å². The molecular weight excluding hydrogens is 367 g/mol. The molecule has 0 unspecified atom stereocenters. The number of halogens is 2. The summed E-state index contributed by atoms with van der Waals surface area (Å²) in [6, 6.07) is 6.94. The van der Waals surface area contributed by atoms with Crippen molar-refractivity contribution in [2.75, 3.05) is 23.4 Å². The van der Waals surface area contributed by atoms with Crippen LogP contribution in [0.4, 0.5) is 11.4 Å². The van der Waals surface area contributed by atoms with Crippen LogP contribution in [0, 0.1) is 5.41 Å². The highest BCUT2D eigenvalue weighted by atomic mass is 35.5. The third kappa shape index (κ3) is 3.60. The predicted molar refractivity (Wildman–Crippen MR) is 94.8 cm³/mol. The van der Waals surface area contributed by atoms with Crippen LogP contribution in [0.15, 0.2) is 24.3 Å². The standard InChI is InChI=1S/C17H18Cl2N2O4/c1-16(10-17(16,18)19)15(24)25-9-13(22)20-11-4-6-12(7-5-11)21-8-2-3-14(21)23/h4-7H,2-3,8-10H2,1H3,(H,20,22)/t16-/m1/s1. The highest BCUT2D eigenvalue weighted by Crippen LogP contribution is 2.64. The Balaban J connectivity index is 1.50. The van der Waals surface area contributed by atoms with Crippen molar-refractivity contribution in [1.29, 1.82) is 0 Å². The number of carbonyl (C=O) groups excluding carboxylic acids is 3. The third-order valence-electron chi connectivity index (χ3n) is 4.58. The molecule has 2 amide bonds. The largest absolute Gasteiger partial charge is 0.455 e. The summed E-state index contributed by atoms with van der Waals surface area (Å²) >= 11 is 11.8. The normalized spacial score (nSPS) is 24.1. The molecule has 1 saturated carbocycles. The molecule has 1 atom stereocenters. The van der Waals surface area contributed by atoms with Crippen molar-refractivity contribution in [3.05, 3.63) is 24.3 Å². The number of nitrogens with one attached hydrogen (secondary N) is 1. The van der Waals surface area contributed by atoms with E-state index in [0.717, 1.165) is 12.1 Å². The van der Waals surface area contributed by atoms with Gasteiger partial charge in [0.25, 0.3) is 5.91 Å². The van der Waals surface area contributed by atoms with Crippen molar-refractivity contribution < 1.29 is 19.1 Å². The lowest BCUT2D eigenvalue weighted by Crippen LogP contribution is -2.27. The number of benzene rings is 1. The zero-order valence-corrected chi connectivity index (χ0v) is 15.2. The fraction of sp³-hybridized carbons (Fsp3) is 0.471. The molecule has 0 radical (unpaired) electrons. The number of hydrogen-bond donors (Lipinski definition) is 1. The molecular formula is C17H18Cl2N2O4. The fourth-order valence-electron chi connectivity index (χ4n) is 2.75. The van der Waals surface area contributed by atoms with Gasteiger partial charge in [-0.3, -0.25) is 14.4 Å². The van der Waals surface area contributed by atoms with Crippen molar-refractivity contribution in [3.63, 3.8) is 0 Å². The van der Waals surface area contributed by atoms with E-state index in [1.807, 2.05) is 0 Å². The molecule has 1 saturated heterocycles. The monoisotopic (exact) mass is 384 g/mol. The topological polar surface area (TPSA) is 75.7 Å². The molecule has 0 bridgehead atoms. The fourth-order valence-corrected chi connectivity index (χ4v) is 3.44. The number of ether oxygens (including phenoxy) is 1. The van der Waals surface area contributed by atoms with Crippen LogP contribution in [0.1, 0.15) is 26.2 Å². The number of alkyl halides is 2. The number of amides is 2. The molecule has 1 aromatic rings. The number of hydrogen-bond acceptors (Lipinski definition) is 4. The minimum atomic E-state index is -1.12. The number of nitrogens with zero attached hydrogens (tertiary/aromatic N) is 1. The Kier molecular flexibility index (Phi) is 4.68. The Morgan fingerprint density at radius 2 is 1.92 bits per heavy atom. The van der Waals surface area contributed by atoms with Gasteiger partial charge in [-0.15, -0.1) is 23.2 Å². The minimum absolute atomic E-state index is 0.104. The molecule has 1 heterocycles. The number of rotatable bonds is 5. The maximum Gasteiger partial charge on any atom is 0.315 e. The molecule has 0 spiro atoms. The van der Waals surface area contributed by atoms with Gasteiger partial charge in [-0.25, -0.2) is 0 Å². The van der Waals surface area contributed by atoms with Crippen LogP contribution in [-0.2, 0) is 19.1 Å². The van der Waals surface area contributed by atoms with Gasteiger partial charge >= 0.3 is 5.97 Å². The zero-order valence-electron chi connectivity index (χ0n) is 13.7. The van der Waals surface area contributed by atoms with Crippen LogP contribution >= 0.6 is 23.2 Å². The molecule has 2 fully saturated rings. The van der Waals surface area contributed by atoms with Crippen LogP contribution in [0.25, 0.3) is 0 Å². The Morgan fingerprint density at radius 1 is 1.28 bits per heavy atom. The lowest BCUT2D eigenvalue weighted by molar-refractivity contribution is -0.152. The SMILES string of the molecule is C[C@]1(C(=O)OCC(=O)Nc2ccc(N3CCCC3=O)cc2)CC1(Cl)Cl. The first-order chi connectivity index (χ1) is 11.7. The Bertz CT molecular complexity index is 720. The Hall–Kier alpha value is -1.79. The second-order valence-corrected chi connectivity index (χ2v) is 8.02. The van der Waals surface area contributed by atoms with E-state index in [1.54, 1.807) is 36.1 Å². The lowest BCUT2D eigenvalue weighted by Gasteiger charge is -2.16. The van der Waals surface area contributed by atoms with Crippen molar-refractivity contribution in [2.24, 2.45) is 5.41 Å². The average Bonchev–Trinajstić information content (AvgIpc) is 2.88. The van der Waals surface area contributed by atoms with E-state index in [9.17, 15) is 14.4 Å². The van der Waals surface area contributed by atoms with Gasteiger partial charge in [-0.05, 0) is 37.6 Å². The first-order valence-corrected chi connectivity index (χ1v) is 8.74. The summed E-state index contributed by atoms with van der Waals surface area (Å²) in [5, 5.41) is 2.63. The highest BCUT2D eigenvalue weighted by molar-refractivity contribution is 6.53. The van der Waals surface area contributed by atoms with Crippen LogP contribution in [0.5, 0.6) is 0 Å². The molecule has 1 aliphatic heterocycles. The maximum absolute atomic E-state index is 11.9. The number of carbonyl (C=O) groups is 3. The average molecular weight is 385 g/mol. The van der Waals surface area contributed by atoms with Gasteiger partial charge in [0.2, 0.25) is 5.91 Å². The highest BCUT2D eigenvalue weighted by Gasteiger charge is 2.69. The summed E-state index contributed by atoms with van der Waals surface area (Å²) in [7, 11) is 0. The molecule has 1 N–H and O–H groups in total. The van der Waals surface area contributed by atoms with Crippen molar-refractivity contribution >= 4 is 52.4 Å². The van der Waals surface area contributed by atoms with Crippen molar-refractivity contribution in [1.82, 2.24) is 0 Å². The van der Waals surface area contributed by atoms with E-state index in [4.69, 9.17) is 27.9 Å². The van der Waals surface area contributed by atoms with E-state index in [-0.39, 0.29) is 5.91 Å².